The van der Waals surface area contributed by atoms with Crippen LogP contribution in [0.25, 0.3) is 16.8 Å². The molecule has 6 heteroatoms. The number of amides is 1. The van der Waals surface area contributed by atoms with Crippen molar-refractivity contribution in [2.45, 2.75) is 58.8 Å². The first-order valence-electron chi connectivity index (χ1n) is 10.4. The Morgan fingerprint density at radius 2 is 2.00 bits per heavy atom. The molecule has 0 spiro atoms. The lowest BCUT2D eigenvalue weighted by molar-refractivity contribution is -0.116. The first-order valence-corrected chi connectivity index (χ1v) is 10.8. The molecule has 1 fully saturated rings. The van der Waals surface area contributed by atoms with E-state index in [4.69, 9.17) is 11.6 Å². The third-order valence-electron chi connectivity index (χ3n) is 5.93. The fourth-order valence-corrected chi connectivity index (χ4v) is 4.35. The van der Waals surface area contributed by atoms with Crippen molar-refractivity contribution in [3.63, 3.8) is 0 Å². The van der Waals surface area contributed by atoms with Gasteiger partial charge in [-0.05, 0) is 49.4 Å². The van der Waals surface area contributed by atoms with Gasteiger partial charge in [-0.3, -0.25) is 4.79 Å². The Labute approximate surface area is 176 Å². The second kappa shape index (κ2) is 8.54. The van der Waals surface area contributed by atoms with Crippen LogP contribution >= 0.6 is 11.6 Å². The molecule has 1 N–H and O–H groups in total. The fraction of sp³-hybridized carbons (Fsp3) is 0.435. The smallest absolute Gasteiger partial charge is 0.225 e. The van der Waals surface area contributed by atoms with Crippen LogP contribution in [0.4, 0.5) is 5.82 Å². The molecule has 0 atom stereocenters. The van der Waals surface area contributed by atoms with Crippen LogP contribution in [-0.2, 0) is 4.79 Å². The third kappa shape index (κ3) is 4.30. The molecule has 4 rings (SSSR count). The predicted molar refractivity (Wildman–Crippen MR) is 117 cm³/mol. The van der Waals surface area contributed by atoms with E-state index in [0.717, 1.165) is 28.8 Å². The molecule has 2 heterocycles. The molecular formula is C23H27ClN4O. The molecule has 0 saturated heterocycles. The summed E-state index contributed by atoms with van der Waals surface area (Å²) >= 11 is 6.37. The van der Waals surface area contributed by atoms with Gasteiger partial charge in [0.15, 0.2) is 11.5 Å². The summed E-state index contributed by atoms with van der Waals surface area (Å²) in [5, 5.41) is 8.38. The molecule has 0 aliphatic heterocycles. The molecular weight excluding hydrogens is 384 g/mol. The standard InChI is InChI=1S/C23H27ClN4O/c1-15-8-10-18(14-19(15)24)21-22(27-28-16(2)12-13-25-23(21)28)26-20(29)11-9-17-6-4-3-5-7-17/h8,10,12-14,17H,3-7,9,11H2,1-2H3,(H,26,27,29). The molecule has 1 amide bonds. The lowest BCUT2D eigenvalue weighted by Crippen LogP contribution is -2.15. The van der Waals surface area contributed by atoms with Crippen molar-refractivity contribution >= 4 is 29.0 Å². The van der Waals surface area contributed by atoms with Crippen molar-refractivity contribution in [3.8, 4) is 11.1 Å². The Morgan fingerprint density at radius 3 is 2.76 bits per heavy atom. The number of carbonyl (C=O) groups is 1. The molecule has 1 aromatic carbocycles. The maximum absolute atomic E-state index is 12.7. The largest absolute Gasteiger partial charge is 0.309 e. The van der Waals surface area contributed by atoms with E-state index in [0.29, 0.717) is 28.8 Å². The number of hydrogen-bond acceptors (Lipinski definition) is 3. The van der Waals surface area contributed by atoms with E-state index in [-0.39, 0.29) is 5.91 Å². The first-order chi connectivity index (χ1) is 14.0. The molecule has 29 heavy (non-hydrogen) atoms. The number of carbonyl (C=O) groups excluding carboxylic acids is 1. The van der Waals surface area contributed by atoms with E-state index in [1.807, 2.05) is 38.1 Å². The second-order valence-electron chi connectivity index (χ2n) is 8.10. The van der Waals surface area contributed by atoms with Crippen LogP contribution in [-0.4, -0.2) is 20.5 Å². The van der Waals surface area contributed by atoms with Gasteiger partial charge < -0.3 is 5.32 Å². The van der Waals surface area contributed by atoms with Crippen LogP contribution < -0.4 is 5.32 Å². The topological polar surface area (TPSA) is 59.3 Å². The molecule has 152 valence electrons. The number of nitrogens with zero attached hydrogens (tertiary/aromatic N) is 3. The molecule has 0 radical (unpaired) electrons. The zero-order chi connectivity index (χ0) is 20.4. The highest BCUT2D eigenvalue weighted by Gasteiger charge is 2.20. The SMILES string of the molecule is Cc1ccc(-c2c(NC(=O)CCC3CCCCC3)nn3c(C)ccnc23)cc1Cl. The fourth-order valence-electron chi connectivity index (χ4n) is 4.17. The number of aromatic nitrogens is 3. The maximum atomic E-state index is 12.7. The van der Waals surface area contributed by atoms with Crippen molar-refractivity contribution in [2.75, 3.05) is 5.32 Å². The number of rotatable bonds is 5. The monoisotopic (exact) mass is 410 g/mol. The average Bonchev–Trinajstić information content (AvgIpc) is 3.08. The highest BCUT2D eigenvalue weighted by molar-refractivity contribution is 6.31. The van der Waals surface area contributed by atoms with Crippen molar-refractivity contribution in [1.82, 2.24) is 14.6 Å². The van der Waals surface area contributed by atoms with E-state index in [1.54, 1.807) is 10.7 Å². The highest BCUT2D eigenvalue weighted by atomic mass is 35.5. The summed E-state index contributed by atoms with van der Waals surface area (Å²) in [6.07, 6.45) is 9.65. The average molecular weight is 411 g/mol. The van der Waals surface area contributed by atoms with Crippen molar-refractivity contribution in [3.05, 3.63) is 46.7 Å². The molecule has 3 aromatic rings. The minimum atomic E-state index is 0.0103. The summed E-state index contributed by atoms with van der Waals surface area (Å²) in [5.74, 6) is 1.23. The summed E-state index contributed by atoms with van der Waals surface area (Å²) < 4.78 is 1.78. The lowest BCUT2D eigenvalue weighted by Gasteiger charge is -2.20. The number of benzene rings is 1. The Morgan fingerprint density at radius 1 is 1.21 bits per heavy atom. The molecule has 5 nitrogen and oxygen atoms in total. The number of anilines is 1. The van der Waals surface area contributed by atoms with E-state index in [1.165, 1.54) is 32.1 Å². The van der Waals surface area contributed by atoms with Crippen LogP contribution in [0.1, 0.15) is 56.2 Å². The van der Waals surface area contributed by atoms with Crippen molar-refractivity contribution in [2.24, 2.45) is 5.92 Å². The molecule has 2 aromatic heterocycles. The van der Waals surface area contributed by atoms with Gasteiger partial charge in [-0.1, -0.05) is 55.8 Å². The van der Waals surface area contributed by atoms with Gasteiger partial charge >= 0.3 is 0 Å². The zero-order valence-electron chi connectivity index (χ0n) is 17.0. The Hall–Kier alpha value is -2.40. The van der Waals surface area contributed by atoms with Crippen LogP contribution in [0.3, 0.4) is 0 Å². The van der Waals surface area contributed by atoms with E-state index in [2.05, 4.69) is 15.4 Å². The van der Waals surface area contributed by atoms with Gasteiger partial charge in [0.05, 0.1) is 5.56 Å². The molecule has 1 aliphatic rings. The zero-order valence-corrected chi connectivity index (χ0v) is 17.8. The quantitative estimate of drug-likeness (QED) is 0.564. The van der Waals surface area contributed by atoms with Gasteiger partial charge in [0.1, 0.15) is 0 Å². The first kappa shape index (κ1) is 19.9. The van der Waals surface area contributed by atoms with Gasteiger partial charge in [0.25, 0.3) is 0 Å². The predicted octanol–water partition coefficient (Wildman–Crippen LogP) is 5.97. The Kier molecular flexibility index (Phi) is 5.86. The second-order valence-corrected chi connectivity index (χ2v) is 8.51. The van der Waals surface area contributed by atoms with Gasteiger partial charge in [-0.25, -0.2) is 9.50 Å². The molecule has 1 saturated carbocycles. The molecule has 1 aliphatic carbocycles. The number of halogens is 1. The summed E-state index contributed by atoms with van der Waals surface area (Å²) in [5.41, 5.74) is 4.39. The lowest BCUT2D eigenvalue weighted by atomic mass is 9.86. The summed E-state index contributed by atoms with van der Waals surface area (Å²) in [7, 11) is 0. The van der Waals surface area contributed by atoms with Gasteiger partial charge in [-0.15, -0.1) is 5.10 Å². The van der Waals surface area contributed by atoms with E-state index < -0.39 is 0 Å². The number of hydrogen-bond donors (Lipinski definition) is 1. The normalized spacial score (nSPS) is 15.0. The van der Waals surface area contributed by atoms with E-state index in [9.17, 15) is 4.79 Å². The van der Waals surface area contributed by atoms with Gasteiger partial charge in [0, 0.05) is 23.3 Å². The minimum Gasteiger partial charge on any atom is -0.309 e. The number of aryl methyl sites for hydroxylation is 2. The van der Waals surface area contributed by atoms with E-state index >= 15 is 0 Å². The summed E-state index contributed by atoms with van der Waals surface area (Å²) in [6, 6.07) is 7.79. The van der Waals surface area contributed by atoms with Gasteiger partial charge in [0.2, 0.25) is 5.91 Å². The van der Waals surface area contributed by atoms with Crippen LogP contribution in [0.15, 0.2) is 30.5 Å². The molecule has 0 bridgehead atoms. The van der Waals surface area contributed by atoms with Crippen LogP contribution in [0.2, 0.25) is 5.02 Å². The summed E-state index contributed by atoms with van der Waals surface area (Å²) in [4.78, 5) is 17.2. The third-order valence-corrected chi connectivity index (χ3v) is 6.34. The number of fused-ring (bicyclic) bond motifs is 1. The summed E-state index contributed by atoms with van der Waals surface area (Å²) in [6.45, 7) is 3.95. The maximum Gasteiger partial charge on any atom is 0.225 e. The molecule has 0 unspecified atom stereocenters. The Bertz CT molecular complexity index is 1040. The minimum absolute atomic E-state index is 0.0103. The Balaban J connectivity index is 1.63. The van der Waals surface area contributed by atoms with Crippen molar-refractivity contribution < 1.29 is 4.79 Å². The number of nitrogens with one attached hydrogen (secondary N) is 1. The van der Waals surface area contributed by atoms with Gasteiger partial charge in [-0.2, -0.15) is 0 Å². The highest BCUT2D eigenvalue weighted by Crippen LogP contribution is 2.34. The van der Waals surface area contributed by atoms with Crippen LogP contribution in [0.5, 0.6) is 0 Å². The van der Waals surface area contributed by atoms with Crippen molar-refractivity contribution in [1.29, 1.82) is 0 Å². The van der Waals surface area contributed by atoms with Crippen LogP contribution in [0, 0.1) is 19.8 Å².